The molecule has 0 aliphatic carbocycles. The van der Waals surface area contributed by atoms with Crippen LogP contribution < -0.4 is 0 Å². The molecule has 0 saturated carbocycles. The second kappa shape index (κ2) is 7.94. The highest BCUT2D eigenvalue weighted by atomic mass is 16.3. The molecule has 2 aromatic carbocycles. The zero-order chi connectivity index (χ0) is 19.5. The van der Waals surface area contributed by atoms with Crippen molar-refractivity contribution in [2.75, 3.05) is 26.2 Å². The Morgan fingerprint density at radius 3 is 2.76 bits per heavy atom. The Balaban J connectivity index is 1.20. The van der Waals surface area contributed by atoms with E-state index in [4.69, 9.17) is 9.41 Å². The predicted molar refractivity (Wildman–Crippen MR) is 114 cm³/mol. The van der Waals surface area contributed by atoms with E-state index in [2.05, 4.69) is 57.0 Å². The first kappa shape index (κ1) is 17.7. The third kappa shape index (κ3) is 4.08. The molecule has 0 amide bonds. The predicted octanol–water partition coefficient (Wildman–Crippen LogP) is 3.68. The average molecular weight is 382 g/mol. The highest BCUT2D eigenvalue weighted by molar-refractivity contribution is 5.72. The molecule has 0 bridgehead atoms. The van der Waals surface area contributed by atoms with Crippen molar-refractivity contribution in [3.63, 3.8) is 0 Å². The van der Waals surface area contributed by atoms with Gasteiger partial charge in [0.1, 0.15) is 5.52 Å². The van der Waals surface area contributed by atoms with E-state index in [0.717, 1.165) is 43.7 Å². The lowest BCUT2D eigenvalue weighted by atomic mass is 10.0. The molecule has 0 spiro atoms. The second-order valence-corrected chi connectivity index (χ2v) is 7.43. The summed E-state index contributed by atoms with van der Waals surface area (Å²) in [6.07, 6.45) is 2.98. The number of fused-ring (bicyclic) bond motifs is 1. The summed E-state index contributed by atoms with van der Waals surface area (Å²) in [4.78, 5) is 13.8. The summed E-state index contributed by atoms with van der Waals surface area (Å²) in [7, 11) is 0. The maximum atomic E-state index is 5.68. The van der Waals surface area contributed by atoms with Crippen LogP contribution in [0.15, 0.2) is 75.3 Å². The Kier molecular flexibility index (Phi) is 4.85. The summed E-state index contributed by atoms with van der Waals surface area (Å²) in [6.45, 7) is 4.43. The molecule has 0 fully saturated rings. The molecule has 5 rings (SSSR count). The quantitative estimate of drug-likeness (QED) is 0.648. The molecule has 0 unspecified atom stereocenters. The number of aliphatic imine (C=N–C) groups is 1. The number of hydrogen-bond acceptors (Lipinski definition) is 5. The van der Waals surface area contributed by atoms with E-state index in [1.54, 1.807) is 0 Å². The Hall–Kier alpha value is -3.36. The summed E-state index contributed by atoms with van der Waals surface area (Å²) in [5.74, 6) is 6.78. The van der Waals surface area contributed by atoms with Crippen LogP contribution in [0.1, 0.15) is 17.9 Å². The third-order valence-corrected chi connectivity index (χ3v) is 5.28. The van der Waals surface area contributed by atoms with Crippen molar-refractivity contribution in [1.29, 1.82) is 0 Å². The molecular weight excluding hydrogens is 360 g/mol. The van der Waals surface area contributed by atoms with Crippen LogP contribution in [-0.2, 0) is 6.54 Å². The number of para-hydroxylation sites is 2. The zero-order valence-electron chi connectivity index (χ0n) is 16.2. The van der Waals surface area contributed by atoms with Gasteiger partial charge in [0.2, 0.25) is 0 Å². The minimum absolute atomic E-state index is 0.486. The van der Waals surface area contributed by atoms with Crippen LogP contribution in [0.25, 0.3) is 11.1 Å². The fourth-order valence-corrected chi connectivity index (χ4v) is 3.82. The van der Waals surface area contributed by atoms with Crippen molar-refractivity contribution in [2.45, 2.75) is 13.0 Å². The molecule has 0 radical (unpaired) electrons. The first-order valence-electron chi connectivity index (χ1n) is 9.93. The molecule has 2 aliphatic rings. The van der Waals surface area contributed by atoms with E-state index in [0.29, 0.717) is 12.4 Å². The lowest BCUT2D eigenvalue weighted by molar-refractivity contribution is 0.300. The topological polar surface area (TPSA) is 44.9 Å². The molecule has 0 N–H and O–H groups in total. The van der Waals surface area contributed by atoms with Gasteiger partial charge in [0, 0.05) is 38.3 Å². The van der Waals surface area contributed by atoms with Crippen LogP contribution in [0.3, 0.4) is 0 Å². The molecule has 5 heteroatoms. The Labute approximate surface area is 170 Å². The van der Waals surface area contributed by atoms with Gasteiger partial charge < -0.3 is 9.32 Å². The Morgan fingerprint density at radius 2 is 1.86 bits per heavy atom. The first-order chi connectivity index (χ1) is 14.3. The standard InChI is InChI=1S/C24H22N4O/c1-2-7-19(8-3-1)15-28-17-20-16-27(14-12-21(20)25-18-28)13-6-11-24-26-22-9-4-5-10-23(22)29-24/h1-5,7-10,18H,12-17H2. The minimum Gasteiger partial charge on any atom is -0.430 e. The lowest BCUT2D eigenvalue weighted by Crippen LogP contribution is -2.38. The van der Waals surface area contributed by atoms with E-state index in [-0.39, 0.29) is 0 Å². The number of aromatic nitrogens is 1. The minimum atomic E-state index is 0.486. The highest BCUT2D eigenvalue weighted by Crippen LogP contribution is 2.23. The molecule has 5 nitrogen and oxygen atoms in total. The van der Waals surface area contributed by atoms with E-state index in [1.165, 1.54) is 16.8 Å². The summed E-state index contributed by atoms with van der Waals surface area (Å²) in [5, 5.41) is 0. The van der Waals surface area contributed by atoms with Gasteiger partial charge >= 0.3 is 0 Å². The van der Waals surface area contributed by atoms with Crippen molar-refractivity contribution in [3.8, 4) is 11.8 Å². The maximum Gasteiger partial charge on any atom is 0.274 e. The van der Waals surface area contributed by atoms with Crippen molar-refractivity contribution < 1.29 is 4.42 Å². The van der Waals surface area contributed by atoms with Crippen molar-refractivity contribution >= 4 is 17.4 Å². The first-order valence-corrected chi connectivity index (χ1v) is 9.93. The van der Waals surface area contributed by atoms with Gasteiger partial charge in [-0.15, -0.1) is 0 Å². The van der Waals surface area contributed by atoms with Crippen LogP contribution in [0.4, 0.5) is 0 Å². The molecule has 0 saturated heterocycles. The number of nitrogens with zero attached hydrogens (tertiary/aromatic N) is 4. The van der Waals surface area contributed by atoms with E-state index in [9.17, 15) is 0 Å². The van der Waals surface area contributed by atoms with Crippen molar-refractivity contribution in [3.05, 3.63) is 77.3 Å². The summed E-state index contributed by atoms with van der Waals surface area (Å²) < 4.78 is 5.68. The van der Waals surface area contributed by atoms with Crippen molar-refractivity contribution in [2.24, 2.45) is 4.99 Å². The van der Waals surface area contributed by atoms with Gasteiger partial charge in [0.25, 0.3) is 5.89 Å². The van der Waals surface area contributed by atoms with Crippen LogP contribution in [0.2, 0.25) is 0 Å². The summed E-state index contributed by atoms with van der Waals surface area (Å²) >= 11 is 0. The fourth-order valence-electron chi connectivity index (χ4n) is 3.82. The van der Waals surface area contributed by atoms with Gasteiger partial charge in [0.15, 0.2) is 5.58 Å². The average Bonchev–Trinajstić information content (AvgIpc) is 3.17. The molecule has 0 atom stereocenters. The van der Waals surface area contributed by atoms with Crippen LogP contribution in [0, 0.1) is 11.8 Å². The van der Waals surface area contributed by atoms with Crippen LogP contribution >= 0.6 is 0 Å². The smallest absolute Gasteiger partial charge is 0.274 e. The van der Waals surface area contributed by atoms with Gasteiger partial charge in [-0.2, -0.15) is 0 Å². The monoisotopic (exact) mass is 382 g/mol. The molecule has 3 aromatic rings. The number of hydrogen-bond donors (Lipinski definition) is 0. The van der Waals surface area contributed by atoms with E-state index >= 15 is 0 Å². The Morgan fingerprint density at radius 1 is 1.00 bits per heavy atom. The van der Waals surface area contributed by atoms with Gasteiger partial charge in [-0.1, -0.05) is 48.4 Å². The second-order valence-electron chi connectivity index (χ2n) is 7.43. The maximum absolute atomic E-state index is 5.68. The van der Waals surface area contributed by atoms with Crippen molar-refractivity contribution in [1.82, 2.24) is 14.8 Å². The SMILES string of the molecule is C(#Cc1nc2ccccc2o1)CN1CCC2=C(CN(Cc3ccccc3)C=N2)C1. The highest BCUT2D eigenvalue weighted by Gasteiger charge is 2.22. The lowest BCUT2D eigenvalue weighted by Gasteiger charge is -2.33. The van der Waals surface area contributed by atoms with Gasteiger partial charge in [-0.3, -0.25) is 4.90 Å². The molecular formula is C24H22N4O. The van der Waals surface area contributed by atoms with Gasteiger partial charge in [-0.05, 0) is 29.2 Å². The number of rotatable bonds is 3. The normalized spacial score (nSPS) is 16.6. The Bertz CT molecular complexity index is 1100. The summed E-state index contributed by atoms with van der Waals surface area (Å²) in [6, 6.07) is 18.3. The largest absolute Gasteiger partial charge is 0.430 e. The van der Waals surface area contributed by atoms with Crippen LogP contribution in [0.5, 0.6) is 0 Å². The molecule has 29 heavy (non-hydrogen) atoms. The van der Waals surface area contributed by atoms with E-state index < -0.39 is 0 Å². The molecule has 2 aliphatic heterocycles. The molecule has 3 heterocycles. The zero-order valence-corrected chi connectivity index (χ0v) is 16.2. The van der Waals surface area contributed by atoms with Gasteiger partial charge in [0.05, 0.1) is 12.9 Å². The number of oxazole rings is 1. The van der Waals surface area contributed by atoms with E-state index in [1.807, 2.05) is 30.6 Å². The molecule has 1 aromatic heterocycles. The van der Waals surface area contributed by atoms with Gasteiger partial charge in [-0.25, -0.2) is 9.98 Å². The third-order valence-electron chi connectivity index (χ3n) is 5.28. The molecule has 144 valence electrons. The van der Waals surface area contributed by atoms with Crippen LogP contribution in [-0.4, -0.2) is 47.3 Å². The number of benzene rings is 2. The fraction of sp³-hybridized carbons (Fsp3) is 0.250. The summed E-state index contributed by atoms with van der Waals surface area (Å²) in [5.41, 5.74) is 5.59.